The predicted molar refractivity (Wildman–Crippen MR) is 100 cm³/mol. The number of esters is 1. The highest BCUT2D eigenvalue weighted by molar-refractivity contribution is 5.77. The molecule has 26 heavy (non-hydrogen) atoms. The number of hydrogen-bond donors (Lipinski definition) is 0. The summed E-state index contributed by atoms with van der Waals surface area (Å²) < 4.78 is 11.7. The molecule has 0 amide bonds. The van der Waals surface area contributed by atoms with Crippen LogP contribution in [0.1, 0.15) is 51.2 Å². The van der Waals surface area contributed by atoms with Gasteiger partial charge in [-0.25, -0.2) is 0 Å². The third-order valence-electron chi connectivity index (χ3n) is 5.19. The molecule has 140 valence electrons. The Morgan fingerprint density at radius 3 is 2.54 bits per heavy atom. The molecule has 0 saturated heterocycles. The monoisotopic (exact) mass is 356 g/mol. The number of allylic oxidation sites excluding steroid dienone is 1. The van der Waals surface area contributed by atoms with Gasteiger partial charge in [0, 0.05) is 20.0 Å². The van der Waals surface area contributed by atoms with E-state index < -0.39 is 11.5 Å². The molecular formula is C21H28N2O3. The Morgan fingerprint density at radius 1 is 1.35 bits per heavy atom. The molecule has 0 N–H and O–H groups in total. The Hall–Kier alpha value is -2.48. The van der Waals surface area contributed by atoms with Crippen LogP contribution in [0.15, 0.2) is 35.7 Å². The molecule has 1 aliphatic rings. The molecule has 1 aliphatic heterocycles. The quantitative estimate of drug-likeness (QED) is 0.751. The van der Waals surface area contributed by atoms with Crippen LogP contribution in [-0.4, -0.2) is 37.2 Å². The fourth-order valence-electron chi connectivity index (χ4n) is 3.74. The summed E-state index contributed by atoms with van der Waals surface area (Å²) in [5.41, 5.74) is 1.62. The first kappa shape index (κ1) is 19.8. The summed E-state index contributed by atoms with van der Waals surface area (Å²) in [6.07, 6.45) is 0.645. The highest BCUT2D eigenvalue weighted by atomic mass is 16.5. The van der Waals surface area contributed by atoms with Gasteiger partial charge in [0.2, 0.25) is 0 Å². The van der Waals surface area contributed by atoms with Crippen molar-refractivity contribution in [2.45, 2.75) is 45.6 Å². The molecule has 0 aliphatic carbocycles. The van der Waals surface area contributed by atoms with Crippen LogP contribution in [-0.2, 0) is 14.3 Å². The van der Waals surface area contributed by atoms with Crippen molar-refractivity contribution < 1.29 is 14.3 Å². The van der Waals surface area contributed by atoms with Gasteiger partial charge in [-0.2, -0.15) is 5.26 Å². The molecule has 5 nitrogen and oxygen atoms in total. The van der Waals surface area contributed by atoms with Crippen molar-refractivity contribution in [3.63, 3.8) is 0 Å². The molecule has 0 saturated carbocycles. The highest BCUT2D eigenvalue weighted by Gasteiger charge is 2.52. The van der Waals surface area contributed by atoms with E-state index in [-0.39, 0.29) is 11.9 Å². The lowest BCUT2D eigenvalue weighted by molar-refractivity contribution is -0.165. The van der Waals surface area contributed by atoms with Crippen molar-refractivity contribution in [1.29, 1.82) is 5.26 Å². The Labute approximate surface area is 156 Å². The minimum absolute atomic E-state index is 0.277. The Morgan fingerprint density at radius 2 is 2.00 bits per heavy atom. The summed E-state index contributed by atoms with van der Waals surface area (Å²) in [5, 5.41) is 9.60. The second-order valence-corrected chi connectivity index (χ2v) is 7.06. The predicted octanol–water partition coefficient (Wildman–Crippen LogP) is 3.81. The van der Waals surface area contributed by atoms with Gasteiger partial charge in [0.1, 0.15) is 11.5 Å². The molecular weight excluding hydrogens is 328 g/mol. The largest absolute Gasteiger partial charge is 0.472 e. The van der Waals surface area contributed by atoms with Gasteiger partial charge >= 0.3 is 5.97 Å². The summed E-state index contributed by atoms with van der Waals surface area (Å²) in [4.78, 5) is 14.9. The lowest BCUT2D eigenvalue weighted by atomic mass is 9.69. The van der Waals surface area contributed by atoms with Crippen LogP contribution < -0.4 is 0 Å². The fraction of sp³-hybridized carbons (Fsp3) is 0.524. The first-order valence-corrected chi connectivity index (χ1v) is 9.03. The third kappa shape index (κ3) is 3.41. The van der Waals surface area contributed by atoms with Gasteiger partial charge in [0.15, 0.2) is 5.88 Å². The summed E-state index contributed by atoms with van der Waals surface area (Å²) in [5.74, 6) is -0.342. The number of nitrogens with zero attached hydrogens (tertiary/aromatic N) is 2. The van der Waals surface area contributed by atoms with Crippen molar-refractivity contribution in [2.24, 2.45) is 5.92 Å². The van der Waals surface area contributed by atoms with Gasteiger partial charge in [-0.3, -0.25) is 4.79 Å². The molecule has 1 aromatic rings. The lowest BCUT2D eigenvalue weighted by Crippen LogP contribution is -2.50. The number of hydrogen-bond acceptors (Lipinski definition) is 5. The maximum absolute atomic E-state index is 13.0. The smallest absolute Gasteiger partial charge is 0.313 e. The normalized spacial score (nSPS) is 25.3. The summed E-state index contributed by atoms with van der Waals surface area (Å²) in [6.45, 7) is 8.04. The number of nitriles is 1. The zero-order valence-corrected chi connectivity index (χ0v) is 16.5. The molecule has 0 radical (unpaired) electrons. The minimum atomic E-state index is -0.724. The number of carbonyl (C=O) groups excluding carboxylic acids is 1. The zero-order chi connectivity index (χ0) is 19.5. The van der Waals surface area contributed by atoms with E-state index in [0.29, 0.717) is 18.6 Å². The number of benzene rings is 1. The standard InChI is InChI=1S/C21H28N2O3/c1-7-21(4)18(20(24)25-8-2)17(14(3)19(26-21)23(5)6)16-12-10-9-11-15(16)13-22/h9-12,17-18H,7-8H2,1-6H3. The topological polar surface area (TPSA) is 62.6 Å². The first-order chi connectivity index (χ1) is 12.3. The van der Waals surface area contributed by atoms with E-state index >= 15 is 0 Å². The van der Waals surface area contributed by atoms with E-state index in [1.807, 2.05) is 58.0 Å². The van der Waals surface area contributed by atoms with Gasteiger partial charge in [0.05, 0.1) is 18.2 Å². The lowest BCUT2D eigenvalue weighted by Gasteiger charge is -2.47. The zero-order valence-electron chi connectivity index (χ0n) is 16.5. The van der Waals surface area contributed by atoms with E-state index in [2.05, 4.69) is 6.07 Å². The van der Waals surface area contributed by atoms with E-state index in [9.17, 15) is 10.1 Å². The summed E-state index contributed by atoms with van der Waals surface area (Å²) >= 11 is 0. The maximum atomic E-state index is 13.0. The van der Waals surface area contributed by atoms with Gasteiger partial charge in [-0.15, -0.1) is 0 Å². The molecule has 3 atom stereocenters. The van der Waals surface area contributed by atoms with E-state index in [0.717, 1.165) is 17.0 Å². The molecule has 2 rings (SSSR count). The van der Waals surface area contributed by atoms with Crippen LogP contribution in [0.4, 0.5) is 0 Å². The Kier molecular flexibility index (Phi) is 5.97. The summed E-state index contributed by atoms with van der Waals surface area (Å²) in [6, 6.07) is 9.72. The van der Waals surface area contributed by atoms with Crippen molar-refractivity contribution >= 4 is 5.97 Å². The van der Waals surface area contributed by atoms with Crippen molar-refractivity contribution in [3.8, 4) is 6.07 Å². The van der Waals surface area contributed by atoms with Crippen molar-refractivity contribution in [1.82, 2.24) is 4.90 Å². The SMILES string of the molecule is CCOC(=O)C1C(c2ccccc2C#N)C(C)=C(N(C)C)OC1(C)CC. The third-order valence-corrected chi connectivity index (χ3v) is 5.19. The summed E-state index contributed by atoms with van der Waals surface area (Å²) in [7, 11) is 3.85. The van der Waals surface area contributed by atoms with Crippen molar-refractivity contribution in [3.05, 3.63) is 46.8 Å². The number of ether oxygens (including phenoxy) is 2. The number of carbonyl (C=O) groups is 1. The molecule has 1 aromatic carbocycles. The average molecular weight is 356 g/mol. The van der Waals surface area contributed by atoms with Gasteiger partial charge in [-0.1, -0.05) is 25.1 Å². The van der Waals surface area contributed by atoms with Gasteiger partial charge in [0.25, 0.3) is 0 Å². The van der Waals surface area contributed by atoms with Crippen molar-refractivity contribution in [2.75, 3.05) is 20.7 Å². The second-order valence-electron chi connectivity index (χ2n) is 7.06. The first-order valence-electron chi connectivity index (χ1n) is 9.03. The van der Waals surface area contributed by atoms with Gasteiger partial charge in [-0.05, 0) is 44.4 Å². The van der Waals surface area contributed by atoms with Crippen LogP contribution in [0.3, 0.4) is 0 Å². The highest BCUT2D eigenvalue weighted by Crippen LogP contribution is 2.49. The van der Waals surface area contributed by atoms with Crippen LogP contribution in [0, 0.1) is 17.2 Å². The number of rotatable bonds is 5. The van der Waals surface area contributed by atoms with Crippen LogP contribution >= 0.6 is 0 Å². The van der Waals surface area contributed by atoms with Crippen LogP contribution in [0.2, 0.25) is 0 Å². The van der Waals surface area contributed by atoms with Crippen LogP contribution in [0.25, 0.3) is 0 Å². The molecule has 0 aromatic heterocycles. The second kappa shape index (κ2) is 7.82. The molecule has 0 fully saturated rings. The molecule has 5 heteroatoms. The van der Waals surface area contributed by atoms with E-state index in [4.69, 9.17) is 9.47 Å². The van der Waals surface area contributed by atoms with Crippen LogP contribution in [0.5, 0.6) is 0 Å². The van der Waals surface area contributed by atoms with E-state index in [1.165, 1.54) is 0 Å². The minimum Gasteiger partial charge on any atom is -0.472 e. The molecule has 3 unspecified atom stereocenters. The molecule has 1 heterocycles. The fourth-order valence-corrected chi connectivity index (χ4v) is 3.74. The Bertz CT molecular complexity index is 748. The Balaban J connectivity index is 2.75. The average Bonchev–Trinajstić information content (AvgIpc) is 2.63. The van der Waals surface area contributed by atoms with Gasteiger partial charge < -0.3 is 14.4 Å². The van der Waals surface area contributed by atoms with E-state index in [1.54, 1.807) is 13.0 Å². The molecule has 0 bridgehead atoms. The molecule has 0 spiro atoms. The maximum Gasteiger partial charge on any atom is 0.313 e.